The van der Waals surface area contributed by atoms with Crippen LogP contribution in [0.4, 0.5) is 0 Å². The molecule has 2 aliphatic carbocycles. The maximum atomic E-state index is 12.1. The average molecular weight is 299 g/mol. The van der Waals surface area contributed by atoms with E-state index in [4.69, 9.17) is 37.4 Å². The number of aliphatic hydroxyl groups is 1. The van der Waals surface area contributed by atoms with E-state index in [-0.39, 0.29) is 6.42 Å². The van der Waals surface area contributed by atoms with Gasteiger partial charge in [0.1, 0.15) is 6.10 Å². The van der Waals surface area contributed by atoms with Gasteiger partial charge in [-0.1, -0.05) is 0 Å². The molecule has 18 heavy (non-hydrogen) atoms. The van der Waals surface area contributed by atoms with Crippen molar-refractivity contribution in [1.29, 1.82) is 0 Å². The smallest absolute Gasteiger partial charge is 0.219 e. The van der Waals surface area contributed by atoms with Crippen LogP contribution in [0.2, 0.25) is 0 Å². The van der Waals surface area contributed by atoms with E-state index in [1.165, 1.54) is 14.2 Å². The minimum absolute atomic E-state index is 0.142. The normalized spacial score (nSPS) is 45.8. The highest BCUT2D eigenvalue weighted by atomic mass is 35.5. The molecule has 1 N–H and O–H groups in total. The summed E-state index contributed by atoms with van der Waals surface area (Å²) in [5, 5.41) is 10.1. The molecule has 2 fully saturated rings. The molecule has 5 nitrogen and oxygen atoms in total. The van der Waals surface area contributed by atoms with Gasteiger partial charge < -0.3 is 19.3 Å². The van der Waals surface area contributed by atoms with Crippen molar-refractivity contribution in [2.24, 2.45) is 0 Å². The highest BCUT2D eigenvalue weighted by Gasteiger charge is 2.86. The van der Waals surface area contributed by atoms with Gasteiger partial charge in [-0.05, 0) is 6.92 Å². The van der Waals surface area contributed by atoms with E-state index in [2.05, 4.69) is 0 Å². The van der Waals surface area contributed by atoms with Gasteiger partial charge in [-0.15, -0.1) is 23.2 Å². The Kier molecular flexibility index (Phi) is 3.46. The van der Waals surface area contributed by atoms with Crippen molar-refractivity contribution >= 4 is 29.0 Å². The SMILES string of the molecule is CCO[C@H]1C[C@@]2(Cl)C(=O)[C@@H](O)[C@]1(Cl)C2(OC)OC. The first-order valence-corrected chi connectivity index (χ1v) is 6.43. The van der Waals surface area contributed by atoms with Crippen LogP contribution < -0.4 is 0 Å². The zero-order chi connectivity index (χ0) is 13.8. The van der Waals surface area contributed by atoms with Crippen LogP contribution in [-0.2, 0) is 19.0 Å². The van der Waals surface area contributed by atoms with Gasteiger partial charge in [-0.2, -0.15) is 0 Å². The fourth-order valence-electron chi connectivity index (χ4n) is 3.18. The highest BCUT2D eigenvalue weighted by molar-refractivity contribution is 6.43. The molecular formula is C11H16Cl2O5. The molecule has 7 heteroatoms. The molecule has 0 aromatic rings. The Morgan fingerprint density at radius 1 is 1.39 bits per heavy atom. The third kappa shape index (κ3) is 1.25. The second-order valence-electron chi connectivity index (χ2n) is 4.51. The number of rotatable bonds is 4. The topological polar surface area (TPSA) is 65.0 Å². The number of carbonyl (C=O) groups excluding carboxylic acids is 1. The van der Waals surface area contributed by atoms with Crippen molar-refractivity contribution in [1.82, 2.24) is 0 Å². The predicted octanol–water partition coefficient (Wildman–Crippen LogP) is 0.683. The summed E-state index contributed by atoms with van der Waals surface area (Å²) >= 11 is 12.8. The number of methoxy groups -OCH3 is 2. The standard InChI is InChI=1S/C11H16Cl2O5/c1-4-18-6-5-9(12)7(14)8(15)10(6,13)11(9,16-2)17-3/h6,8,15H,4-5H2,1-3H3/t6-,8+,9+,10-/m0/s1. The summed E-state index contributed by atoms with van der Waals surface area (Å²) < 4.78 is 16.1. The molecule has 0 aromatic heterocycles. The van der Waals surface area contributed by atoms with Crippen LogP contribution >= 0.6 is 23.2 Å². The highest BCUT2D eigenvalue weighted by Crippen LogP contribution is 2.64. The molecule has 0 amide bonds. The Morgan fingerprint density at radius 2 is 1.94 bits per heavy atom. The van der Waals surface area contributed by atoms with Crippen LogP contribution in [0.15, 0.2) is 0 Å². The average Bonchev–Trinajstić information content (AvgIpc) is 2.61. The van der Waals surface area contributed by atoms with Crippen LogP contribution in [0.25, 0.3) is 0 Å². The molecule has 0 heterocycles. The number of alkyl halides is 2. The summed E-state index contributed by atoms with van der Waals surface area (Å²) in [7, 11) is 2.69. The van der Waals surface area contributed by atoms with E-state index in [0.29, 0.717) is 6.61 Å². The van der Waals surface area contributed by atoms with Crippen LogP contribution in [-0.4, -0.2) is 59.5 Å². The van der Waals surface area contributed by atoms with E-state index >= 15 is 0 Å². The Labute approximate surface area is 115 Å². The number of Topliss-reactive ketones (excluding diaryl/α,β-unsaturated/α-hetero) is 1. The molecule has 0 radical (unpaired) electrons. The molecule has 0 spiro atoms. The van der Waals surface area contributed by atoms with Crippen LogP contribution in [0.3, 0.4) is 0 Å². The minimum atomic E-state index is -1.60. The molecule has 2 rings (SSSR count). The molecule has 0 saturated heterocycles. The van der Waals surface area contributed by atoms with Crippen molar-refractivity contribution in [2.75, 3.05) is 20.8 Å². The molecule has 104 valence electrons. The van der Waals surface area contributed by atoms with Gasteiger partial charge in [0.15, 0.2) is 15.5 Å². The number of halogens is 2. The summed E-state index contributed by atoms with van der Waals surface area (Å²) in [6, 6.07) is 0. The zero-order valence-corrected chi connectivity index (χ0v) is 11.9. The Bertz CT molecular complexity index is 372. The number of ketones is 1. The molecule has 2 aliphatic rings. The number of aliphatic hydroxyl groups excluding tert-OH is 1. The Hall–Kier alpha value is 0.0900. The number of fused-ring (bicyclic) bond motifs is 2. The molecule has 0 unspecified atom stereocenters. The van der Waals surface area contributed by atoms with E-state index in [1.807, 2.05) is 0 Å². The minimum Gasteiger partial charge on any atom is -0.383 e. The monoisotopic (exact) mass is 298 g/mol. The first-order chi connectivity index (χ1) is 8.35. The fraction of sp³-hybridized carbons (Fsp3) is 0.909. The van der Waals surface area contributed by atoms with Crippen LogP contribution in [0.5, 0.6) is 0 Å². The lowest BCUT2D eigenvalue weighted by molar-refractivity contribution is -0.231. The summed E-state index contributed by atoms with van der Waals surface area (Å²) in [4.78, 5) is 9.03. The van der Waals surface area contributed by atoms with E-state index < -0.39 is 33.5 Å². The van der Waals surface area contributed by atoms with Gasteiger partial charge in [0.2, 0.25) is 5.79 Å². The molecule has 2 saturated carbocycles. The van der Waals surface area contributed by atoms with Crippen molar-refractivity contribution in [3.8, 4) is 0 Å². The van der Waals surface area contributed by atoms with Gasteiger partial charge in [0, 0.05) is 27.2 Å². The molecule has 2 bridgehead atoms. The van der Waals surface area contributed by atoms with Gasteiger partial charge >= 0.3 is 0 Å². The second-order valence-corrected chi connectivity index (χ2v) is 5.78. The summed E-state index contributed by atoms with van der Waals surface area (Å²) in [6.45, 7) is 2.18. The first kappa shape index (κ1) is 14.5. The summed E-state index contributed by atoms with van der Waals surface area (Å²) in [5.41, 5.74) is 0. The maximum absolute atomic E-state index is 12.1. The Balaban J connectivity index is 2.58. The van der Waals surface area contributed by atoms with E-state index in [1.54, 1.807) is 6.92 Å². The van der Waals surface area contributed by atoms with Crippen molar-refractivity contribution in [3.63, 3.8) is 0 Å². The van der Waals surface area contributed by atoms with Crippen LogP contribution in [0.1, 0.15) is 13.3 Å². The predicted molar refractivity (Wildman–Crippen MR) is 65.0 cm³/mol. The van der Waals surface area contributed by atoms with E-state index in [0.717, 1.165) is 0 Å². The largest absolute Gasteiger partial charge is 0.383 e. The van der Waals surface area contributed by atoms with Gasteiger partial charge in [0.25, 0.3) is 0 Å². The van der Waals surface area contributed by atoms with Crippen LogP contribution in [0, 0.1) is 0 Å². The third-order valence-corrected chi connectivity index (χ3v) is 5.23. The second kappa shape index (κ2) is 4.30. The van der Waals surface area contributed by atoms with Gasteiger partial charge in [0.05, 0.1) is 6.10 Å². The van der Waals surface area contributed by atoms with Crippen molar-refractivity contribution < 1.29 is 24.1 Å². The zero-order valence-electron chi connectivity index (χ0n) is 10.4. The summed E-state index contributed by atoms with van der Waals surface area (Å²) in [6.07, 6.45) is -1.96. The lowest BCUT2D eigenvalue weighted by atomic mass is 9.92. The van der Waals surface area contributed by atoms with Crippen molar-refractivity contribution in [3.05, 3.63) is 0 Å². The third-order valence-electron chi connectivity index (χ3n) is 3.94. The lowest BCUT2D eigenvalue weighted by Gasteiger charge is -2.40. The number of carbonyl (C=O) groups is 1. The summed E-state index contributed by atoms with van der Waals surface area (Å²) in [5.74, 6) is -2.18. The van der Waals surface area contributed by atoms with Gasteiger partial charge in [-0.25, -0.2) is 0 Å². The fourth-order valence-corrected chi connectivity index (χ4v) is 4.34. The number of hydrogen-bond acceptors (Lipinski definition) is 5. The molecule has 0 aromatic carbocycles. The van der Waals surface area contributed by atoms with E-state index in [9.17, 15) is 9.90 Å². The maximum Gasteiger partial charge on any atom is 0.219 e. The quantitative estimate of drug-likeness (QED) is 0.611. The molecular weight excluding hydrogens is 283 g/mol. The van der Waals surface area contributed by atoms with Gasteiger partial charge in [-0.3, -0.25) is 4.79 Å². The number of ether oxygens (including phenoxy) is 3. The van der Waals surface area contributed by atoms with Crippen molar-refractivity contribution in [2.45, 2.75) is 41.1 Å². The molecule has 0 aliphatic heterocycles. The Morgan fingerprint density at radius 3 is 2.33 bits per heavy atom. The number of hydrogen-bond donors (Lipinski definition) is 1. The molecule has 4 atom stereocenters. The lowest BCUT2D eigenvalue weighted by Crippen LogP contribution is -2.59. The first-order valence-electron chi connectivity index (χ1n) is 5.67.